The first-order chi connectivity index (χ1) is 12.2. The summed E-state index contributed by atoms with van der Waals surface area (Å²) in [6.07, 6.45) is 2.27. The summed E-state index contributed by atoms with van der Waals surface area (Å²) in [6, 6.07) is 3.45. The molecule has 1 aliphatic rings. The Hall–Kier alpha value is -1.51. The van der Waals surface area contributed by atoms with Crippen molar-refractivity contribution in [2.75, 3.05) is 26.8 Å². The number of carbonyl (C=O) groups excluding carboxylic acids is 2. The van der Waals surface area contributed by atoms with Crippen molar-refractivity contribution in [3.63, 3.8) is 0 Å². The summed E-state index contributed by atoms with van der Waals surface area (Å²) in [7, 11) is 1.56. The average Bonchev–Trinajstić information content (AvgIpc) is 2.59. The van der Waals surface area contributed by atoms with Crippen LogP contribution in [0.15, 0.2) is 12.1 Å². The highest BCUT2D eigenvalue weighted by atomic mass is 127. The van der Waals surface area contributed by atoms with Gasteiger partial charge >= 0.3 is 6.09 Å². The van der Waals surface area contributed by atoms with Crippen LogP contribution >= 0.6 is 22.6 Å². The van der Waals surface area contributed by atoms with Crippen molar-refractivity contribution in [3.05, 3.63) is 21.3 Å². The third-order valence-corrected chi connectivity index (χ3v) is 4.92. The molecule has 1 aromatic rings. The van der Waals surface area contributed by atoms with Gasteiger partial charge < -0.3 is 19.1 Å². The Morgan fingerprint density at radius 3 is 2.50 bits per heavy atom. The van der Waals surface area contributed by atoms with Crippen molar-refractivity contribution in [2.45, 2.75) is 39.2 Å². The Morgan fingerprint density at radius 1 is 1.31 bits per heavy atom. The van der Waals surface area contributed by atoms with Crippen LogP contribution in [0.5, 0.6) is 11.5 Å². The molecule has 1 heterocycles. The molecule has 0 N–H and O–H groups in total. The normalized spacial score (nSPS) is 15.5. The van der Waals surface area contributed by atoms with Crippen molar-refractivity contribution >= 4 is 35.0 Å². The minimum atomic E-state index is -0.474. The quantitative estimate of drug-likeness (QED) is 0.473. The molecule has 0 aromatic heterocycles. The Bertz CT molecular complexity index is 648. The largest absolute Gasteiger partial charge is 0.493 e. The first-order valence-corrected chi connectivity index (χ1v) is 9.75. The molecule has 1 amide bonds. The summed E-state index contributed by atoms with van der Waals surface area (Å²) in [5.41, 5.74) is 0.0853. The van der Waals surface area contributed by atoms with E-state index in [1.807, 2.05) is 20.8 Å². The number of benzene rings is 1. The molecule has 0 spiro atoms. The van der Waals surface area contributed by atoms with Gasteiger partial charge in [0, 0.05) is 18.7 Å². The second-order valence-corrected chi connectivity index (χ2v) is 8.54. The molecule has 1 aromatic carbocycles. The molecule has 6 nitrogen and oxygen atoms in total. The van der Waals surface area contributed by atoms with E-state index in [0.29, 0.717) is 42.7 Å². The third-order valence-electron chi connectivity index (χ3n) is 4.12. The topological polar surface area (TPSA) is 65.1 Å². The van der Waals surface area contributed by atoms with Crippen molar-refractivity contribution in [3.8, 4) is 11.5 Å². The summed E-state index contributed by atoms with van der Waals surface area (Å²) < 4.78 is 17.6. The summed E-state index contributed by atoms with van der Waals surface area (Å²) in [5.74, 6) is 1.58. The summed E-state index contributed by atoms with van der Waals surface area (Å²) in [4.78, 5) is 24.8. The Morgan fingerprint density at radius 2 is 1.96 bits per heavy atom. The molecular weight excluding hydrogens is 449 g/mol. The maximum absolute atomic E-state index is 12.1. The fourth-order valence-corrected chi connectivity index (χ4v) is 3.54. The van der Waals surface area contributed by atoms with Crippen LogP contribution in [0, 0.1) is 9.49 Å². The van der Waals surface area contributed by atoms with E-state index in [-0.39, 0.29) is 6.09 Å². The molecule has 1 aliphatic heterocycles. The number of amides is 1. The van der Waals surface area contributed by atoms with Gasteiger partial charge in [-0.1, -0.05) is 0 Å². The number of aldehydes is 1. The fraction of sp³-hybridized carbons (Fsp3) is 0.579. The zero-order valence-electron chi connectivity index (χ0n) is 15.7. The second kappa shape index (κ2) is 8.92. The van der Waals surface area contributed by atoms with Crippen LogP contribution in [0.4, 0.5) is 4.79 Å². The van der Waals surface area contributed by atoms with Gasteiger partial charge in [0.15, 0.2) is 11.5 Å². The van der Waals surface area contributed by atoms with E-state index in [2.05, 4.69) is 22.6 Å². The van der Waals surface area contributed by atoms with Crippen LogP contribution < -0.4 is 9.47 Å². The van der Waals surface area contributed by atoms with Gasteiger partial charge in [0.2, 0.25) is 0 Å². The number of nitrogens with zero attached hydrogens (tertiary/aromatic N) is 1. The number of methoxy groups -OCH3 is 1. The van der Waals surface area contributed by atoms with Crippen LogP contribution in [-0.2, 0) is 4.74 Å². The maximum Gasteiger partial charge on any atom is 0.410 e. The molecular formula is C19H26INO5. The molecule has 7 heteroatoms. The molecule has 1 saturated heterocycles. The van der Waals surface area contributed by atoms with Crippen LogP contribution in [-0.4, -0.2) is 49.7 Å². The molecule has 1 fully saturated rings. The Kier molecular flexibility index (Phi) is 7.14. The predicted octanol–water partition coefficient (Wildman–Crippen LogP) is 4.14. The Balaban J connectivity index is 1.89. The number of likely N-dealkylation sites (tertiary alicyclic amines) is 1. The standard InChI is InChI=1S/C19H26INO5/c1-19(2,3)26-18(23)21-7-5-13(6-8-21)12-25-17-15(20)9-14(11-22)10-16(17)24-4/h9-11,13H,5-8,12H2,1-4H3. The van der Waals surface area contributed by atoms with E-state index >= 15 is 0 Å². The molecule has 0 bridgehead atoms. The predicted molar refractivity (Wildman–Crippen MR) is 107 cm³/mol. The molecule has 2 rings (SSSR count). The van der Waals surface area contributed by atoms with Crippen LogP contribution in [0.3, 0.4) is 0 Å². The molecule has 144 valence electrons. The monoisotopic (exact) mass is 475 g/mol. The lowest BCUT2D eigenvalue weighted by atomic mass is 9.98. The number of piperidine rings is 1. The first-order valence-electron chi connectivity index (χ1n) is 8.67. The minimum Gasteiger partial charge on any atom is -0.493 e. The van der Waals surface area contributed by atoms with Crippen molar-refractivity contribution < 1.29 is 23.8 Å². The summed E-state index contributed by atoms with van der Waals surface area (Å²) >= 11 is 2.14. The summed E-state index contributed by atoms with van der Waals surface area (Å²) in [6.45, 7) is 7.50. The fourth-order valence-electron chi connectivity index (χ4n) is 2.76. The van der Waals surface area contributed by atoms with Gasteiger partial charge in [-0.25, -0.2) is 4.79 Å². The minimum absolute atomic E-state index is 0.252. The SMILES string of the molecule is COc1cc(C=O)cc(I)c1OCC1CCN(C(=O)OC(C)(C)C)CC1. The van der Waals surface area contributed by atoms with Gasteiger partial charge in [-0.3, -0.25) is 4.79 Å². The second-order valence-electron chi connectivity index (χ2n) is 7.37. The maximum atomic E-state index is 12.1. The lowest BCUT2D eigenvalue weighted by molar-refractivity contribution is 0.0164. The molecule has 0 atom stereocenters. The van der Waals surface area contributed by atoms with Crippen LogP contribution in [0.2, 0.25) is 0 Å². The number of rotatable bonds is 5. The van der Waals surface area contributed by atoms with E-state index in [0.717, 1.165) is 22.7 Å². The van der Waals surface area contributed by atoms with Crippen molar-refractivity contribution in [2.24, 2.45) is 5.92 Å². The highest BCUT2D eigenvalue weighted by molar-refractivity contribution is 14.1. The van der Waals surface area contributed by atoms with Gasteiger partial charge in [-0.05, 0) is 74.3 Å². The lowest BCUT2D eigenvalue weighted by Gasteiger charge is -2.33. The third kappa shape index (κ3) is 5.75. The average molecular weight is 475 g/mol. The zero-order valence-corrected chi connectivity index (χ0v) is 17.9. The van der Waals surface area contributed by atoms with Gasteiger partial charge in [0.05, 0.1) is 17.3 Å². The van der Waals surface area contributed by atoms with E-state index < -0.39 is 5.60 Å². The van der Waals surface area contributed by atoms with Gasteiger partial charge in [-0.15, -0.1) is 0 Å². The highest BCUT2D eigenvalue weighted by Crippen LogP contribution is 2.34. The smallest absolute Gasteiger partial charge is 0.410 e. The first kappa shape index (κ1) is 20.8. The zero-order chi connectivity index (χ0) is 19.3. The Labute approximate surface area is 168 Å². The van der Waals surface area contributed by atoms with Crippen LogP contribution in [0.25, 0.3) is 0 Å². The van der Waals surface area contributed by atoms with E-state index in [4.69, 9.17) is 14.2 Å². The molecule has 26 heavy (non-hydrogen) atoms. The number of carbonyl (C=O) groups is 2. The molecule has 0 aliphatic carbocycles. The van der Waals surface area contributed by atoms with Crippen molar-refractivity contribution in [1.82, 2.24) is 4.90 Å². The summed E-state index contributed by atoms with van der Waals surface area (Å²) in [5, 5.41) is 0. The van der Waals surface area contributed by atoms with E-state index in [1.54, 1.807) is 24.1 Å². The highest BCUT2D eigenvalue weighted by Gasteiger charge is 2.27. The van der Waals surface area contributed by atoms with Gasteiger partial charge in [0.25, 0.3) is 0 Å². The van der Waals surface area contributed by atoms with E-state index in [1.165, 1.54) is 0 Å². The van der Waals surface area contributed by atoms with Gasteiger partial charge in [-0.2, -0.15) is 0 Å². The molecule has 0 radical (unpaired) electrons. The van der Waals surface area contributed by atoms with Crippen molar-refractivity contribution in [1.29, 1.82) is 0 Å². The number of hydrogen-bond donors (Lipinski definition) is 0. The molecule has 0 unspecified atom stereocenters. The number of halogens is 1. The number of hydrogen-bond acceptors (Lipinski definition) is 5. The van der Waals surface area contributed by atoms with Crippen LogP contribution in [0.1, 0.15) is 44.0 Å². The van der Waals surface area contributed by atoms with Gasteiger partial charge in [0.1, 0.15) is 11.9 Å². The number of ether oxygens (including phenoxy) is 3. The lowest BCUT2D eigenvalue weighted by Crippen LogP contribution is -2.42. The van der Waals surface area contributed by atoms with E-state index in [9.17, 15) is 9.59 Å². The molecule has 0 saturated carbocycles.